The summed E-state index contributed by atoms with van der Waals surface area (Å²) in [5.74, 6) is -0.774. The highest BCUT2D eigenvalue weighted by Gasteiger charge is 2.22. The van der Waals surface area contributed by atoms with Gasteiger partial charge in [-0.3, -0.25) is 4.79 Å². The first-order valence-electron chi connectivity index (χ1n) is 6.42. The van der Waals surface area contributed by atoms with Gasteiger partial charge in [0.25, 0.3) is 5.91 Å². The summed E-state index contributed by atoms with van der Waals surface area (Å²) < 4.78 is 10.5. The lowest BCUT2D eigenvalue weighted by Crippen LogP contribution is -2.44. The van der Waals surface area contributed by atoms with Crippen molar-refractivity contribution in [3.63, 3.8) is 0 Å². The fraction of sp³-hybridized carbons (Fsp3) is 0.429. The Morgan fingerprint density at radius 2 is 2.30 bits per heavy atom. The lowest BCUT2D eigenvalue weighted by atomic mass is 10.1. The van der Waals surface area contributed by atoms with Crippen molar-refractivity contribution >= 4 is 11.9 Å². The van der Waals surface area contributed by atoms with Crippen molar-refractivity contribution in [3.05, 3.63) is 29.8 Å². The van der Waals surface area contributed by atoms with Crippen molar-refractivity contribution in [2.24, 2.45) is 0 Å². The van der Waals surface area contributed by atoms with Crippen LogP contribution in [0.25, 0.3) is 0 Å². The van der Waals surface area contributed by atoms with Gasteiger partial charge >= 0.3 is 5.97 Å². The Morgan fingerprint density at radius 3 is 3.00 bits per heavy atom. The van der Waals surface area contributed by atoms with Gasteiger partial charge in [-0.05, 0) is 25.1 Å². The Morgan fingerprint density at radius 1 is 1.50 bits per heavy atom. The third-order valence-corrected chi connectivity index (χ3v) is 2.97. The first-order valence-corrected chi connectivity index (χ1v) is 6.42. The van der Waals surface area contributed by atoms with Gasteiger partial charge in [0.05, 0.1) is 12.7 Å². The van der Waals surface area contributed by atoms with Crippen molar-refractivity contribution < 1.29 is 24.2 Å². The summed E-state index contributed by atoms with van der Waals surface area (Å²) in [4.78, 5) is 24.5. The Balaban J connectivity index is 2.05. The third-order valence-electron chi connectivity index (χ3n) is 2.97. The smallest absolute Gasteiger partial charge is 0.341 e. The first kappa shape index (κ1) is 14.3. The van der Waals surface area contributed by atoms with Crippen LogP contribution < -0.4 is 4.74 Å². The predicted octanol–water partition coefficient (Wildman–Crippen LogP) is 1.01. The van der Waals surface area contributed by atoms with E-state index in [-0.39, 0.29) is 12.0 Å². The minimum atomic E-state index is -1.05. The van der Waals surface area contributed by atoms with Crippen LogP contribution in [0.1, 0.15) is 17.3 Å². The Hall–Kier alpha value is -2.08. The standard InChI is InChI=1S/C14H17NO5/c1-10-8-15(5-6-19-10)14(18)11-3-2-4-12(7-11)20-9-13(16)17/h2-4,7,10H,5-6,8-9H2,1H3,(H,16,17). The van der Waals surface area contributed by atoms with Crippen molar-refractivity contribution in [2.45, 2.75) is 13.0 Å². The molecule has 0 spiro atoms. The summed E-state index contributed by atoms with van der Waals surface area (Å²) in [6.07, 6.45) is 0.0270. The van der Waals surface area contributed by atoms with Crippen LogP contribution in [0.4, 0.5) is 0 Å². The molecule has 108 valence electrons. The molecule has 1 aliphatic heterocycles. The van der Waals surface area contributed by atoms with E-state index in [0.717, 1.165) is 0 Å². The van der Waals surface area contributed by atoms with Crippen molar-refractivity contribution in [2.75, 3.05) is 26.3 Å². The highest BCUT2D eigenvalue weighted by molar-refractivity contribution is 5.94. The molecule has 1 N–H and O–H groups in total. The monoisotopic (exact) mass is 279 g/mol. The van der Waals surface area contributed by atoms with E-state index in [1.165, 1.54) is 0 Å². The zero-order valence-corrected chi connectivity index (χ0v) is 11.2. The fourth-order valence-electron chi connectivity index (χ4n) is 2.05. The molecule has 0 aromatic heterocycles. The minimum absolute atomic E-state index is 0.0270. The highest BCUT2D eigenvalue weighted by Crippen LogP contribution is 2.16. The van der Waals surface area contributed by atoms with Crippen molar-refractivity contribution in [3.8, 4) is 5.75 Å². The van der Waals surface area contributed by atoms with Gasteiger partial charge in [-0.15, -0.1) is 0 Å². The summed E-state index contributed by atoms with van der Waals surface area (Å²) in [6.45, 7) is 3.14. The van der Waals surface area contributed by atoms with Crippen LogP contribution in [0.15, 0.2) is 24.3 Å². The number of rotatable bonds is 4. The number of carbonyl (C=O) groups is 2. The van der Waals surface area contributed by atoms with Crippen molar-refractivity contribution in [1.29, 1.82) is 0 Å². The maximum atomic E-state index is 12.3. The van der Waals surface area contributed by atoms with Gasteiger partial charge in [-0.1, -0.05) is 6.07 Å². The molecule has 1 unspecified atom stereocenters. The number of ether oxygens (including phenoxy) is 2. The molecular weight excluding hydrogens is 262 g/mol. The Labute approximate surface area is 116 Å². The molecule has 2 rings (SSSR count). The van der Waals surface area contributed by atoms with Crippen LogP contribution >= 0.6 is 0 Å². The summed E-state index contributed by atoms with van der Waals surface area (Å²) >= 11 is 0. The number of carbonyl (C=O) groups excluding carboxylic acids is 1. The van der Waals surface area contributed by atoms with E-state index < -0.39 is 12.6 Å². The second-order valence-corrected chi connectivity index (χ2v) is 4.64. The average Bonchev–Trinajstić information content (AvgIpc) is 2.44. The molecule has 0 aliphatic carbocycles. The molecule has 1 atom stereocenters. The molecule has 1 aliphatic rings. The summed E-state index contributed by atoms with van der Waals surface area (Å²) in [5, 5.41) is 8.57. The van der Waals surface area contributed by atoms with E-state index >= 15 is 0 Å². The number of benzene rings is 1. The van der Waals surface area contributed by atoms with Crippen LogP contribution in [0, 0.1) is 0 Å². The van der Waals surface area contributed by atoms with Gasteiger partial charge in [-0.25, -0.2) is 4.79 Å². The number of aliphatic carboxylic acids is 1. The fourth-order valence-corrected chi connectivity index (χ4v) is 2.05. The summed E-state index contributed by atoms with van der Waals surface area (Å²) in [6, 6.07) is 6.55. The number of hydrogen-bond acceptors (Lipinski definition) is 4. The van der Waals surface area contributed by atoms with Crippen LogP contribution in [0.3, 0.4) is 0 Å². The summed E-state index contributed by atoms with van der Waals surface area (Å²) in [7, 11) is 0. The Kier molecular flexibility index (Phi) is 4.57. The van der Waals surface area contributed by atoms with Gasteiger partial charge in [0, 0.05) is 18.7 Å². The number of carboxylic acids is 1. The number of carboxylic acid groups (broad SMARTS) is 1. The molecular formula is C14H17NO5. The molecule has 1 saturated heterocycles. The maximum Gasteiger partial charge on any atom is 0.341 e. The van der Waals surface area contributed by atoms with Gasteiger partial charge in [0.2, 0.25) is 0 Å². The number of morpholine rings is 1. The average molecular weight is 279 g/mol. The van der Waals surface area contributed by atoms with E-state index in [4.69, 9.17) is 14.6 Å². The van der Waals surface area contributed by atoms with E-state index in [1.54, 1.807) is 29.2 Å². The maximum absolute atomic E-state index is 12.3. The van der Waals surface area contributed by atoms with E-state index in [1.807, 2.05) is 6.92 Å². The Bertz CT molecular complexity index is 502. The van der Waals surface area contributed by atoms with Gasteiger partial charge in [0.15, 0.2) is 6.61 Å². The minimum Gasteiger partial charge on any atom is -0.482 e. The van der Waals surface area contributed by atoms with Crippen LogP contribution in [-0.4, -0.2) is 54.3 Å². The quantitative estimate of drug-likeness (QED) is 0.890. The zero-order valence-electron chi connectivity index (χ0n) is 11.2. The third kappa shape index (κ3) is 3.71. The molecule has 1 aromatic rings. The number of amides is 1. The zero-order chi connectivity index (χ0) is 14.5. The molecule has 6 nitrogen and oxygen atoms in total. The lowest BCUT2D eigenvalue weighted by molar-refractivity contribution is -0.139. The van der Waals surface area contributed by atoms with Gasteiger partial charge < -0.3 is 19.5 Å². The number of nitrogens with zero attached hydrogens (tertiary/aromatic N) is 1. The lowest BCUT2D eigenvalue weighted by Gasteiger charge is -2.31. The SMILES string of the molecule is CC1CN(C(=O)c2cccc(OCC(=O)O)c2)CCO1. The van der Waals surface area contributed by atoms with Crippen molar-refractivity contribution in [1.82, 2.24) is 4.90 Å². The van der Waals surface area contributed by atoms with Gasteiger partial charge in [0.1, 0.15) is 5.75 Å². The molecule has 1 aromatic carbocycles. The largest absolute Gasteiger partial charge is 0.482 e. The van der Waals surface area contributed by atoms with E-state index in [9.17, 15) is 9.59 Å². The van der Waals surface area contributed by atoms with E-state index in [0.29, 0.717) is 31.0 Å². The second kappa shape index (κ2) is 6.38. The molecule has 0 radical (unpaired) electrons. The van der Waals surface area contributed by atoms with Crippen LogP contribution in [0.2, 0.25) is 0 Å². The first-order chi connectivity index (χ1) is 9.56. The molecule has 1 amide bonds. The van der Waals surface area contributed by atoms with Crippen LogP contribution in [0.5, 0.6) is 5.75 Å². The van der Waals surface area contributed by atoms with Crippen LogP contribution in [-0.2, 0) is 9.53 Å². The topological polar surface area (TPSA) is 76.1 Å². The molecule has 1 fully saturated rings. The number of hydrogen-bond donors (Lipinski definition) is 1. The molecule has 0 saturated carbocycles. The van der Waals surface area contributed by atoms with Gasteiger partial charge in [-0.2, -0.15) is 0 Å². The molecule has 20 heavy (non-hydrogen) atoms. The normalized spacial score (nSPS) is 18.6. The summed E-state index contributed by atoms with van der Waals surface area (Å²) in [5.41, 5.74) is 0.488. The predicted molar refractivity (Wildman–Crippen MR) is 70.9 cm³/mol. The molecule has 6 heteroatoms. The molecule has 1 heterocycles. The molecule has 0 bridgehead atoms. The highest BCUT2D eigenvalue weighted by atomic mass is 16.5. The second-order valence-electron chi connectivity index (χ2n) is 4.64. The van der Waals surface area contributed by atoms with E-state index in [2.05, 4.69) is 0 Å².